The molecule has 28 heavy (non-hydrogen) atoms. The van der Waals surface area contributed by atoms with Crippen LogP contribution in [0.5, 0.6) is 0 Å². The van der Waals surface area contributed by atoms with Gasteiger partial charge in [0.2, 0.25) is 0 Å². The normalized spacial score (nSPS) is 49.8. The Kier molecular flexibility index (Phi) is 4.86. The number of aliphatic hydroxyl groups is 1. The highest BCUT2D eigenvalue weighted by Crippen LogP contribution is 2.68. The van der Waals surface area contributed by atoms with Crippen LogP contribution >= 0.6 is 0 Å². The number of hydrogen-bond acceptors (Lipinski definition) is 2. The molecule has 4 aliphatic rings. The smallest absolute Gasteiger partial charge is 0.133 e. The Balaban J connectivity index is 1.56. The molecule has 2 heteroatoms. The molecule has 1 N–H and O–H groups in total. The zero-order valence-electron chi connectivity index (χ0n) is 18.3. The van der Waals surface area contributed by atoms with Gasteiger partial charge in [-0.15, -0.1) is 0 Å². The van der Waals surface area contributed by atoms with Gasteiger partial charge in [-0.1, -0.05) is 32.3 Å². The maximum absolute atomic E-state index is 12.3. The molecule has 0 bridgehead atoms. The first-order valence-corrected chi connectivity index (χ1v) is 11.5. The van der Waals surface area contributed by atoms with Crippen LogP contribution in [0.25, 0.3) is 0 Å². The highest BCUT2D eigenvalue weighted by Gasteiger charge is 2.61. The Hall–Kier alpha value is -1.07. The second-order valence-corrected chi connectivity index (χ2v) is 11.2. The minimum absolute atomic E-state index is 0.235. The van der Waals surface area contributed by atoms with Crippen LogP contribution in [0, 0.1) is 52.3 Å². The van der Waals surface area contributed by atoms with Gasteiger partial charge in [0.25, 0.3) is 0 Å². The van der Waals surface area contributed by atoms with Crippen LogP contribution in [0.15, 0.2) is 12.2 Å². The summed E-state index contributed by atoms with van der Waals surface area (Å²) in [5.74, 6) is 9.73. The second kappa shape index (κ2) is 6.73. The lowest BCUT2D eigenvalue weighted by atomic mass is 9.44. The molecule has 0 heterocycles. The van der Waals surface area contributed by atoms with E-state index >= 15 is 0 Å². The topological polar surface area (TPSA) is 37.3 Å². The summed E-state index contributed by atoms with van der Waals surface area (Å²) < 4.78 is 0. The number of rotatable bonds is 1. The Labute approximate surface area is 171 Å². The van der Waals surface area contributed by atoms with Crippen LogP contribution in [0.4, 0.5) is 0 Å². The summed E-state index contributed by atoms with van der Waals surface area (Å²) in [7, 11) is 0. The van der Waals surface area contributed by atoms with E-state index in [1.54, 1.807) is 0 Å². The van der Waals surface area contributed by atoms with Crippen molar-refractivity contribution in [1.82, 2.24) is 0 Å². The van der Waals surface area contributed by atoms with Gasteiger partial charge in [-0.2, -0.15) is 0 Å². The number of fused-ring (bicyclic) bond motifs is 5. The number of carbonyl (C=O) groups excluding carboxylic acids is 1. The summed E-state index contributed by atoms with van der Waals surface area (Å²) in [6, 6.07) is 0. The van der Waals surface area contributed by atoms with Crippen molar-refractivity contribution in [3.63, 3.8) is 0 Å². The third-order valence-corrected chi connectivity index (χ3v) is 9.73. The molecule has 0 aromatic heterocycles. The number of Topliss-reactive ketones (excluding diaryl/α,β-unsaturated/α-hetero) is 1. The first-order valence-electron chi connectivity index (χ1n) is 11.5. The van der Waals surface area contributed by atoms with Gasteiger partial charge in [0.15, 0.2) is 0 Å². The predicted molar refractivity (Wildman–Crippen MR) is 113 cm³/mol. The van der Waals surface area contributed by atoms with Crippen molar-refractivity contribution in [3.05, 3.63) is 12.2 Å². The first-order chi connectivity index (χ1) is 13.1. The number of allylic oxidation sites excluding steroid dienone is 1. The average Bonchev–Trinajstić information content (AvgIpc) is 2.98. The number of ketones is 1. The molecular formula is C26H38O2. The highest BCUT2D eigenvalue weighted by atomic mass is 16.3. The van der Waals surface area contributed by atoms with E-state index in [1.165, 1.54) is 32.1 Å². The predicted octanol–water partition coefficient (Wildman–Crippen LogP) is 5.54. The summed E-state index contributed by atoms with van der Waals surface area (Å²) in [5.41, 5.74) is 0.568. The fraction of sp³-hybridized carbons (Fsp3) is 0.808. The first kappa shape index (κ1) is 20.2. The molecule has 0 amide bonds. The van der Waals surface area contributed by atoms with Crippen LogP contribution in [-0.4, -0.2) is 16.5 Å². The molecular weight excluding hydrogens is 344 g/mol. The maximum Gasteiger partial charge on any atom is 0.133 e. The van der Waals surface area contributed by atoms with E-state index < -0.39 is 5.60 Å². The number of carbonyl (C=O) groups is 1. The van der Waals surface area contributed by atoms with E-state index in [4.69, 9.17) is 0 Å². The van der Waals surface area contributed by atoms with E-state index in [1.807, 2.05) is 13.8 Å². The molecule has 154 valence electrons. The molecule has 4 rings (SSSR count). The van der Waals surface area contributed by atoms with E-state index in [-0.39, 0.29) is 11.3 Å². The Morgan fingerprint density at radius 1 is 0.964 bits per heavy atom. The quantitative estimate of drug-likeness (QED) is 0.604. The molecule has 0 aromatic carbocycles. The van der Waals surface area contributed by atoms with Crippen LogP contribution < -0.4 is 0 Å². The molecule has 4 saturated carbocycles. The monoisotopic (exact) mass is 382 g/mol. The SMILES string of the molecule is C=C(C)C#C[C@@]1(O)CC[C@@]2(C)[C@H](CC[C@@H]3[C@@H]2CC[C@]2(C)[C@@H](C(C)=O)CC[C@@H]32)C1. The van der Waals surface area contributed by atoms with Crippen molar-refractivity contribution in [2.24, 2.45) is 40.4 Å². The molecule has 0 saturated heterocycles. The zero-order valence-corrected chi connectivity index (χ0v) is 18.3. The zero-order chi connectivity index (χ0) is 20.3. The minimum Gasteiger partial charge on any atom is -0.378 e. The molecule has 0 spiro atoms. The van der Waals surface area contributed by atoms with E-state index in [0.29, 0.717) is 17.1 Å². The number of hydrogen-bond donors (Lipinski definition) is 1. The van der Waals surface area contributed by atoms with E-state index in [0.717, 1.165) is 49.0 Å². The van der Waals surface area contributed by atoms with E-state index in [2.05, 4.69) is 32.3 Å². The highest BCUT2D eigenvalue weighted by molar-refractivity contribution is 5.79. The molecule has 0 aromatic rings. The van der Waals surface area contributed by atoms with Crippen molar-refractivity contribution in [3.8, 4) is 11.8 Å². The lowest BCUT2D eigenvalue weighted by Crippen LogP contribution is -2.56. The van der Waals surface area contributed by atoms with E-state index in [9.17, 15) is 9.90 Å². The van der Waals surface area contributed by atoms with Crippen molar-refractivity contribution in [2.75, 3.05) is 0 Å². The van der Waals surface area contributed by atoms with Gasteiger partial charge in [0, 0.05) is 5.92 Å². The summed E-state index contributed by atoms with van der Waals surface area (Å²) in [6.07, 6.45) is 10.0. The van der Waals surface area contributed by atoms with Crippen molar-refractivity contribution in [1.29, 1.82) is 0 Å². The molecule has 2 nitrogen and oxygen atoms in total. The van der Waals surface area contributed by atoms with Crippen LogP contribution in [0.3, 0.4) is 0 Å². The average molecular weight is 383 g/mol. The fourth-order valence-electron chi connectivity index (χ4n) is 8.25. The van der Waals surface area contributed by atoms with Gasteiger partial charge < -0.3 is 5.11 Å². The largest absolute Gasteiger partial charge is 0.378 e. The Bertz CT molecular complexity index is 741. The van der Waals surface area contributed by atoms with Crippen molar-refractivity contribution in [2.45, 2.75) is 91.1 Å². The standard InChI is InChI=1S/C26H38O2/c1-17(2)10-13-26(28)15-14-24(4)19(16-26)6-7-20-22-9-8-21(18(3)27)25(22,5)12-11-23(20)24/h19-23,28H,1,6-9,11-12,14-16H2,2-5H3/t19-,20+,21-,22+,23+,24+,25-,26-/m1/s1. The third kappa shape index (κ3) is 3.00. The summed E-state index contributed by atoms with van der Waals surface area (Å²) in [5, 5.41) is 11.1. The summed E-state index contributed by atoms with van der Waals surface area (Å²) >= 11 is 0. The Morgan fingerprint density at radius 2 is 1.68 bits per heavy atom. The fourth-order valence-corrected chi connectivity index (χ4v) is 8.25. The van der Waals surface area contributed by atoms with Gasteiger partial charge >= 0.3 is 0 Å². The summed E-state index contributed by atoms with van der Waals surface area (Å²) in [4.78, 5) is 12.3. The molecule has 0 radical (unpaired) electrons. The second-order valence-electron chi connectivity index (χ2n) is 11.2. The minimum atomic E-state index is -0.827. The van der Waals surface area contributed by atoms with Gasteiger partial charge in [0.1, 0.15) is 11.4 Å². The van der Waals surface area contributed by atoms with Crippen molar-refractivity contribution < 1.29 is 9.90 Å². The van der Waals surface area contributed by atoms with Crippen LogP contribution in [-0.2, 0) is 4.79 Å². The van der Waals surface area contributed by atoms with Crippen molar-refractivity contribution >= 4 is 5.78 Å². The van der Waals surface area contributed by atoms with Gasteiger partial charge in [-0.05, 0) is 112 Å². The molecule has 4 fully saturated rings. The van der Waals surface area contributed by atoms with Crippen LogP contribution in [0.2, 0.25) is 0 Å². The van der Waals surface area contributed by atoms with Gasteiger partial charge in [-0.3, -0.25) is 4.79 Å². The molecule has 4 aliphatic carbocycles. The maximum atomic E-state index is 12.3. The lowest BCUT2D eigenvalue weighted by Gasteiger charge is -2.61. The third-order valence-electron chi connectivity index (χ3n) is 9.73. The summed E-state index contributed by atoms with van der Waals surface area (Å²) in [6.45, 7) is 12.5. The molecule has 0 unspecified atom stereocenters. The van der Waals surface area contributed by atoms with Crippen LogP contribution in [0.1, 0.15) is 85.5 Å². The van der Waals surface area contributed by atoms with Gasteiger partial charge in [-0.25, -0.2) is 0 Å². The Morgan fingerprint density at radius 3 is 2.36 bits per heavy atom. The molecule has 8 atom stereocenters. The molecule has 0 aliphatic heterocycles. The lowest BCUT2D eigenvalue weighted by molar-refractivity contribution is -0.144. The van der Waals surface area contributed by atoms with Gasteiger partial charge in [0.05, 0.1) is 0 Å².